The highest BCUT2D eigenvalue weighted by atomic mass is 19.4. The molecule has 1 aliphatic rings. The molecule has 2 aromatic rings. The van der Waals surface area contributed by atoms with Gasteiger partial charge in [0.2, 0.25) is 11.8 Å². The molecule has 0 atom stereocenters. The van der Waals surface area contributed by atoms with Gasteiger partial charge in [-0.25, -0.2) is 0 Å². The molecule has 0 bridgehead atoms. The Kier molecular flexibility index (Phi) is 5.35. The minimum Gasteiger partial charge on any atom is -0.481 e. The Balaban J connectivity index is 2.14. The number of hydrogen-bond donors (Lipinski definition) is 4. The van der Waals surface area contributed by atoms with Crippen LogP contribution < -0.4 is 21.4 Å². The monoisotopic (exact) mass is 410 g/mol. The van der Waals surface area contributed by atoms with Crippen LogP contribution in [0.25, 0.3) is 5.57 Å². The number of nitrogens with two attached hydrogens (primary N) is 1. The molecule has 2 heterocycles. The number of amidine groups is 1. The summed E-state index contributed by atoms with van der Waals surface area (Å²) in [6.45, 7) is 1.74. The van der Waals surface area contributed by atoms with Crippen LogP contribution in [0.4, 0.5) is 13.2 Å². The van der Waals surface area contributed by atoms with Gasteiger partial charge in [0, 0.05) is 22.8 Å². The van der Waals surface area contributed by atoms with Gasteiger partial charge in [-0.2, -0.15) is 23.3 Å². The topological polar surface area (TPSA) is 130 Å². The van der Waals surface area contributed by atoms with Gasteiger partial charge in [-0.1, -0.05) is 6.07 Å². The van der Waals surface area contributed by atoms with E-state index in [0.29, 0.717) is 16.6 Å². The van der Waals surface area contributed by atoms with E-state index in [-0.39, 0.29) is 35.6 Å². The maximum absolute atomic E-state index is 13.2. The van der Waals surface area contributed by atoms with Crippen molar-refractivity contribution in [2.24, 2.45) is 15.9 Å². The predicted octanol–water partition coefficient (Wildman–Crippen LogP) is 2.14. The molecule has 0 saturated heterocycles. The minimum absolute atomic E-state index is 0.00478. The zero-order valence-corrected chi connectivity index (χ0v) is 15.3. The molecule has 154 valence electrons. The molecule has 1 aromatic carbocycles. The van der Waals surface area contributed by atoms with Crippen molar-refractivity contribution < 1.29 is 27.8 Å². The number of aliphatic imine (C=N–C) groups is 1. The van der Waals surface area contributed by atoms with Crippen molar-refractivity contribution in [3.05, 3.63) is 52.3 Å². The first-order chi connectivity index (χ1) is 13.7. The highest BCUT2D eigenvalue weighted by Crippen LogP contribution is 2.38. The number of aliphatic hydroxyl groups excluding tert-OH is 1. The van der Waals surface area contributed by atoms with Crippen molar-refractivity contribution in [1.29, 1.82) is 0 Å². The van der Waals surface area contributed by atoms with Crippen molar-refractivity contribution in [3.63, 3.8) is 0 Å². The molecule has 0 saturated carbocycles. The Morgan fingerprint density at radius 2 is 2.03 bits per heavy atom. The van der Waals surface area contributed by atoms with E-state index in [9.17, 15) is 18.3 Å². The number of aliphatic hydroxyl groups is 1. The molecule has 5 N–H and O–H groups in total. The van der Waals surface area contributed by atoms with Crippen LogP contribution in [0, 0.1) is 6.92 Å². The number of H-pyrrole nitrogens is 1. The Morgan fingerprint density at radius 1 is 1.28 bits per heavy atom. The fraction of sp³-hybridized carbons (Fsp3) is 0.235. The Morgan fingerprint density at radius 3 is 2.66 bits per heavy atom. The molecular weight excluding hydrogens is 393 g/mol. The lowest BCUT2D eigenvalue weighted by Gasteiger charge is -2.20. The molecule has 0 amide bonds. The number of halogens is 3. The number of alkyl halides is 3. The summed E-state index contributed by atoms with van der Waals surface area (Å²) in [5.41, 5.74) is 0.651. The maximum atomic E-state index is 13.2. The van der Waals surface area contributed by atoms with Gasteiger partial charge in [-0.3, -0.25) is 5.10 Å². The molecule has 1 aliphatic heterocycles. The first-order valence-electron chi connectivity index (χ1n) is 8.21. The molecule has 0 aliphatic carbocycles. The van der Waals surface area contributed by atoms with E-state index in [1.54, 1.807) is 6.92 Å². The van der Waals surface area contributed by atoms with Gasteiger partial charge in [0.15, 0.2) is 5.49 Å². The summed E-state index contributed by atoms with van der Waals surface area (Å²) in [6.07, 6.45) is -4.58. The van der Waals surface area contributed by atoms with Gasteiger partial charge in [0.25, 0.3) is 6.02 Å². The summed E-state index contributed by atoms with van der Waals surface area (Å²) in [6, 6.07) is 4.12. The Hall–Kier alpha value is -3.70. The van der Waals surface area contributed by atoms with E-state index in [1.165, 1.54) is 19.2 Å². The maximum Gasteiger partial charge on any atom is 0.416 e. The summed E-state index contributed by atoms with van der Waals surface area (Å²) < 4.78 is 50.5. The van der Waals surface area contributed by atoms with Crippen LogP contribution in [0.15, 0.2) is 40.2 Å². The lowest BCUT2D eigenvalue weighted by molar-refractivity contribution is -0.137. The third-order valence-electron chi connectivity index (χ3n) is 4.05. The molecule has 3 rings (SSSR count). The number of aryl methyl sites for hydroxylation is 1. The number of hydrogen-bond acceptors (Lipinski definition) is 7. The first kappa shape index (κ1) is 20.0. The highest BCUT2D eigenvalue weighted by molar-refractivity contribution is 5.83. The van der Waals surface area contributed by atoms with Crippen LogP contribution in [0.3, 0.4) is 0 Å². The summed E-state index contributed by atoms with van der Waals surface area (Å²) in [4.78, 5) is 3.81. The number of aromatic nitrogens is 2. The molecule has 9 nitrogen and oxygen atoms in total. The number of benzene rings is 1. The molecular formula is C17H17F3N6O3. The van der Waals surface area contributed by atoms with Crippen molar-refractivity contribution in [3.8, 4) is 11.6 Å². The lowest BCUT2D eigenvalue weighted by Crippen LogP contribution is -2.29. The van der Waals surface area contributed by atoms with E-state index in [0.717, 1.165) is 12.1 Å². The average Bonchev–Trinajstić information content (AvgIpc) is 2.67. The van der Waals surface area contributed by atoms with E-state index < -0.39 is 11.7 Å². The van der Waals surface area contributed by atoms with Crippen molar-refractivity contribution in [1.82, 2.24) is 15.5 Å². The Bertz CT molecular complexity index is 1060. The average molecular weight is 410 g/mol. The van der Waals surface area contributed by atoms with Gasteiger partial charge in [0.05, 0.1) is 19.2 Å². The van der Waals surface area contributed by atoms with Crippen LogP contribution in [0.2, 0.25) is 0 Å². The SMILES string of the molecule is COC1=C(c2ccc(C(F)(F)F)cc2Oc2cc(C)c(=NN)[nH]n2)CNC(O)=N1. The van der Waals surface area contributed by atoms with Gasteiger partial charge in [-0.05, 0) is 19.1 Å². The van der Waals surface area contributed by atoms with E-state index in [2.05, 4.69) is 25.6 Å². The highest BCUT2D eigenvalue weighted by Gasteiger charge is 2.32. The number of nitrogens with one attached hydrogen (secondary N) is 2. The molecule has 29 heavy (non-hydrogen) atoms. The predicted molar refractivity (Wildman–Crippen MR) is 96.6 cm³/mol. The first-order valence-corrected chi connectivity index (χ1v) is 8.21. The summed E-state index contributed by atoms with van der Waals surface area (Å²) in [5.74, 6) is 5.13. The van der Waals surface area contributed by atoms with Gasteiger partial charge < -0.3 is 25.7 Å². The smallest absolute Gasteiger partial charge is 0.416 e. The van der Waals surface area contributed by atoms with Gasteiger partial charge >= 0.3 is 6.18 Å². The third kappa shape index (κ3) is 4.25. The molecule has 0 fully saturated rings. The number of aromatic amines is 1. The second kappa shape index (κ2) is 7.73. The van der Waals surface area contributed by atoms with Crippen molar-refractivity contribution >= 4 is 11.6 Å². The van der Waals surface area contributed by atoms with Gasteiger partial charge in [-0.15, -0.1) is 5.10 Å². The van der Waals surface area contributed by atoms with Gasteiger partial charge in [0.1, 0.15) is 5.75 Å². The van der Waals surface area contributed by atoms with Crippen LogP contribution in [-0.2, 0) is 10.9 Å². The molecule has 12 heteroatoms. The van der Waals surface area contributed by atoms with Crippen LogP contribution in [0.1, 0.15) is 16.7 Å². The largest absolute Gasteiger partial charge is 0.481 e. The number of methoxy groups -OCH3 is 1. The Labute approximate surface area is 162 Å². The molecule has 0 unspecified atom stereocenters. The molecule has 1 aromatic heterocycles. The zero-order valence-electron chi connectivity index (χ0n) is 15.3. The molecule has 0 spiro atoms. The van der Waals surface area contributed by atoms with Crippen LogP contribution >= 0.6 is 0 Å². The minimum atomic E-state index is -4.58. The second-order valence-electron chi connectivity index (χ2n) is 5.95. The number of nitrogens with zero attached hydrogens (tertiary/aromatic N) is 3. The number of rotatable bonds is 4. The van der Waals surface area contributed by atoms with E-state index in [4.69, 9.17) is 15.3 Å². The lowest BCUT2D eigenvalue weighted by atomic mass is 10.0. The fourth-order valence-electron chi connectivity index (χ4n) is 2.64. The number of ether oxygens (including phenoxy) is 2. The summed E-state index contributed by atoms with van der Waals surface area (Å²) in [5, 5.41) is 22.1. The fourth-order valence-corrected chi connectivity index (χ4v) is 2.64. The second-order valence-corrected chi connectivity index (χ2v) is 5.95. The van der Waals surface area contributed by atoms with Crippen molar-refractivity contribution in [2.45, 2.75) is 13.1 Å². The van der Waals surface area contributed by atoms with Crippen LogP contribution in [-0.4, -0.2) is 35.0 Å². The molecule has 0 radical (unpaired) electrons. The standard InChI is InChI=1S/C17H17F3N6O3/c1-8-5-13(25-26-14(8)24-21)29-12-6-9(17(18,19)20)3-4-10(12)11-7-22-16(27)23-15(11)28-2/h3-6H,7,21H2,1-2H3,(H,24,26)(H2,22,23,27). The third-order valence-corrected chi connectivity index (χ3v) is 4.05. The van der Waals surface area contributed by atoms with Crippen molar-refractivity contribution in [2.75, 3.05) is 13.7 Å². The van der Waals surface area contributed by atoms with E-state index in [1.807, 2.05) is 0 Å². The summed E-state index contributed by atoms with van der Waals surface area (Å²) in [7, 11) is 1.33. The normalized spacial score (nSPS) is 15.1. The van der Waals surface area contributed by atoms with E-state index >= 15 is 0 Å². The zero-order chi connectivity index (χ0) is 21.2. The summed E-state index contributed by atoms with van der Waals surface area (Å²) >= 11 is 0. The van der Waals surface area contributed by atoms with Crippen LogP contribution in [0.5, 0.6) is 11.6 Å². The quantitative estimate of drug-likeness (QED) is 0.451.